The van der Waals surface area contributed by atoms with Crippen molar-refractivity contribution in [1.82, 2.24) is 15.0 Å². The van der Waals surface area contributed by atoms with Crippen molar-refractivity contribution in [1.29, 1.82) is 0 Å². The van der Waals surface area contributed by atoms with E-state index in [2.05, 4.69) is 6.07 Å². The van der Waals surface area contributed by atoms with Gasteiger partial charge in [-0.2, -0.15) is 0 Å². The maximum absolute atomic E-state index is 9.79. The number of thiophene rings is 1. The summed E-state index contributed by atoms with van der Waals surface area (Å²) >= 11 is 1.08. The molecule has 0 unspecified atom stereocenters. The predicted molar refractivity (Wildman–Crippen MR) is 258 cm³/mol. The molecular formula is C57H35N3OS. The topological polar surface area (TPSA) is 51.8 Å². The zero-order valence-electron chi connectivity index (χ0n) is 38.9. The summed E-state index contributed by atoms with van der Waals surface area (Å²) in [6.45, 7) is 0. The fraction of sp³-hybridized carbons (Fsp3) is 0. The molecule has 0 aliphatic heterocycles. The van der Waals surface area contributed by atoms with Gasteiger partial charge in [-0.15, -0.1) is 11.3 Å². The van der Waals surface area contributed by atoms with E-state index >= 15 is 0 Å². The monoisotopic (exact) mass is 815 g/mol. The van der Waals surface area contributed by atoms with E-state index in [-0.39, 0.29) is 69.8 Å². The summed E-state index contributed by atoms with van der Waals surface area (Å²) in [5.41, 5.74) is 9.13. The highest BCUT2D eigenvalue weighted by Crippen LogP contribution is 2.42. The van der Waals surface area contributed by atoms with Crippen LogP contribution in [-0.4, -0.2) is 15.0 Å². The number of nitrogens with zero attached hydrogens (tertiary/aromatic N) is 3. The smallest absolute Gasteiger partial charge is 0.164 e. The van der Waals surface area contributed by atoms with Crippen molar-refractivity contribution in [3.8, 4) is 78.7 Å². The first-order chi connectivity index (χ1) is 33.2. The Morgan fingerprint density at radius 1 is 0.355 bits per heavy atom. The van der Waals surface area contributed by atoms with Crippen molar-refractivity contribution in [3.63, 3.8) is 0 Å². The summed E-state index contributed by atoms with van der Waals surface area (Å²) < 4.78 is 64.7. The van der Waals surface area contributed by atoms with Gasteiger partial charge in [-0.1, -0.05) is 158 Å². The van der Waals surface area contributed by atoms with Crippen molar-refractivity contribution in [2.45, 2.75) is 0 Å². The molecule has 0 radical (unpaired) electrons. The Bertz CT molecular complexity index is 3920. The molecule has 0 amide bonds. The van der Waals surface area contributed by atoms with Gasteiger partial charge in [0.1, 0.15) is 11.2 Å². The van der Waals surface area contributed by atoms with Crippen LogP contribution >= 0.6 is 11.3 Å². The van der Waals surface area contributed by atoms with Gasteiger partial charge in [0.15, 0.2) is 17.5 Å². The lowest BCUT2D eigenvalue weighted by molar-refractivity contribution is 0.669. The fourth-order valence-electron chi connectivity index (χ4n) is 8.18. The number of aromatic nitrogens is 3. The van der Waals surface area contributed by atoms with Crippen LogP contribution in [0.5, 0.6) is 0 Å². The van der Waals surface area contributed by atoms with E-state index in [1.165, 1.54) is 0 Å². The normalized spacial score (nSPS) is 12.9. The third-order valence-electron chi connectivity index (χ3n) is 11.2. The van der Waals surface area contributed by atoms with E-state index in [0.717, 1.165) is 61.1 Å². The van der Waals surface area contributed by atoms with Gasteiger partial charge in [-0.25, -0.2) is 15.0 Å². The SMILES string of the molecule is [2H]c1c(-c2cc(-c3ccccc3)cc(-c3ccccc3)c2)c([2H])c2c(sc3c([2H])c(-c4nc(-c5ccccc5)nc(-c5cc(-c6ccccc6)c6c(c5)oc5ccccc56)n4)c([2H])c([2H])c32)c1[2H]. The Balaban J connectivity index is 1.08. The average molecular weight is 816 g/mol. The van der Waals surface area contributed by atoms with Gasteiger partial charge in [0.05, 0.1) is 8.22 Å². The van der Waals surface area contributed by atoms with Crippen molar-refractivity contribution >= 4 is 53.4 Å². The number of rotatable bonds is 7. The van der Waals surface area contributed by atoms with Gasteiger partial charge in [-0.3, -0.25) is 0 Å². The highest BCUT2D eigenvalue weighted by Gasteiger charge is 2.19. The minimum absolute atomic E-state index is 0.0235. The van der Waals surface area contributed by atoms with Crippen LogP contribution < -0.4 is 0 Å². The Hall–Kier alpha value is -7.99. The highest BCUT2D eigenvalue weighted by atomic mass is 32.1. The standard InChI is InChI=1S/C57H35N3OS/c1-5-15-36(16-6-1)42-29-43(37-17-7-2-8-18-37)31-44(30-42)40-26-28-52-49(32-40)46-27-25-41(35-53(46)62-52)56-58-55(39-21-11-4-12-22-39)59-57(60-56)45-33-48(38-19-9-3-10-20-38)54-47-23-13-14-24-50(47)61-51(54)34-45/h1-35H/i25D,26D,27D,28D,32D,35D. The van der Waals surface area contributed by atoms with E-state index in [1.807, 2.05) is 170 Å². The second-order valence-electron chi connectivity index (χ2n) is 15.1. The third kappa shape index (κ3) is 6.44. The molecule has 290 valence electrons. The average Bonchev–Trinajstić information content (AvgIpc) is 3.99. The van der Waals surface area contributed by atoms with Crippen LogP contribution in [0.1, 0.15) is 8.22 Å². The molecule has 0 atom stereocenters. The molecule has 4 nitrogen and oxygen atoms in total. The molecule has 3 heterocycles. The highest BCUT2D eigenvalue weighted by molar-refractivity contribution is 7.25. The Morgan fingerprint density at radius 3 is 1.55 bits per heavy atom. The molecular weight excluding hydrogens is 775 g/mol. The van der Waals surface area contributed by atoms with Crippen molar-refractivity contribution in [2.75, 3.05) is 0 Å². The van der Waals surface area contributed by atoms with Crippen LogP contribution in [0.15, 0.2) is 217 Å². The number of furan rings is 1. The minimum atomic E-state index is -0.295. The van der Waals surface area contributed by atoms with E-state index < -0.39 is 0 Å². The lowest BCUT2D eigenvalue weighted by Gasteiger charge is -2.12. The zero-order chi connectivity index (χ0) is 46.2. The molecule has 0 spiro atoms. The fourth-order valence-corrected chi connectivity index (χ4v) is 9.15. The summed E-state index contributed by atoms with van der Waals surface area (Å²) in [6, 6.07) is 56.2. The first-order valence-electron chi connectivity index (χ1n) is 23.3. The number of hydrogen-bond donors (Lipinski definition) is 0. The van der Waals surface area contributed by atoms with E-state index in [9.17, 15) is 8.22 Å². The molecule has 0 N–H and O–H groups in total. The lowest BCUT2D eigenvalue weighted by Crippen LogP contribution is -2.00. The van der Waals surface area contributed by atoms with Crippen molar-refractivity contribution < 1.29 is 12.6 Å². The Morgan fingerprint density at radius 2 is 0.887 bits per heavy atom. The van der Waals surface area contributed by atoms with Crippen LogP contribution in [0.2, 0.25) is 0 Å². The molecule has 12 rings (SSSR count). The molecule has 12 aromatic rings. The van der Waals surface area contributed by atoms with Gasteiger partial charge in [0.25, 0.3) is 0 Å². The van der Waals surface area contributed by atoms with Gasteiger partial charge in [-0.05, 0) is 99.0 Å². The Labute approximate surface area is 370 Å². The van der Waals surface area contributed by atoms with Gasteiger partial charge in [0.2, 0.25) is 0 Å². The molecule has 0 bridgehead atoms. The molecule has 0 fully saturated rings. The molecule has 0 aliphatic carbocycles. The number of benzene rings is 9. The predicted octanol–water partition coefficient (Wildman–Crippen LogP) is 15.8. The quantitative estimate of drug-likeness (QED) is 0.161. The van der Waals surface area contributed by atoms with Gasteiger partial charge >= 0.3 is 0 Å². The Kier molecular flexibility index (Phi) is 7.25. The molecule has 5 heteroatoms. The van der Waals surface area contributed by atoms with Crippen LogP contribution in [0.3, 0.4) is 0 Å². The molecule has 0 saturated carbocycles. The number of para-hydroxylation sites is 1. The molecule has 9 aromatic carbocycles. The van der Waals surface area contributed by atoms with Gasteiger partial charge in [0, 0.05) is 47.6 Å². The molecule has 0 saturated heterocycles. The molecule has 62 heavy (non-hydrogen) atoms. The van der Waals surface area contributed by atoms with Crippen LogP contribution in [-0.2, 0) is 0 Å². The van der Waals surface area contributed by atoms with Crippen molar-refractivity contribution in [2.24, 2.45) is 0 Å². The number of fused-ring (bicyclic) bond motifs is 6. The van der Waals surface area contributed by atoms with Crippen LogP contribution in [0.25, 0.3) is 121 Å². The second kappa shape index (κ2) is 14.9. The maximum Gasteiger partial charge on any atom is 0.164 e. The zero-order valence-corrected chi connectivity index (χ0v) is 33.7. The van der Waals surface area contributed by atoms with E-state index in [1.54, 1.807) is 0 Å². The van der Waals surface area contributed by atoms with E-state index in [4.69, 9.17) is 19.4 Å². The van der Waals surface area contributed by atoms with E-state index in [0.29, 0.717) is 37.5 Å². The first-order valence-corrected chi connectivity index (χ1v) is 21.1. The lowest BCUT2D eigenvalue weighted by atomic mass is 9.93. The second-order valence-corrected chi connectivity index (χ2v) is 16.1. The summed E-state index contributed by atoms with van der Waals surface area (Å²) in [4.78, 5) is 14.9. The maximum atomic E-state index is 9.79. The first kappa shape index (κ1) is 30.1. The van der Waals surface area contributed by atoms with Crippen molar-refractivity contribution in [3.05, 3.63) is 212 Å². The van der Waals surface area contributed by atoms with Crippen LogP contribution in [0, 0.1) is 0 Å². The van der Waals surface area contributed by atoms with Crippen LogP contribution in [0.4, 0.5) is 0 Å². The molecule has 0 aliphatic rings. The van der Waals surface area contributed by atoms with Gasteiger partial charge < -0.3 is 4.42 Å². The summed E-state index contributed by atoms with van der Waals surface area (Å²) in [5, 5.41) is 2.40. The minimum Gasteiger partial charge on any atom is -0.456 e. The molecule has 3 aromatic heterocycles. The number of hydrogen-bond acceptors (Lipinski definition) is 5. The summed E-state index contributed by atoms with van der Waals surface area (Å²) in [7, 11) is 0. The summed E-state index contributed by atoms with van der Waals surface area (Å²) in [6.07, 6.45) is 0. The largest absolute Gasteiger partial charge is 0.456 e. The third-order valence-corrected chi connectivity index (χ3v) is 12.2. The summed E-state index contributed by atoms with van der Waals surface area (Å²) in [5.74, 6) is 0.636.